The van der Waals surface area contributed by atoms with Crippen LogP contribution in [0.3, 0.4) is 0 Å². The summed E-state index contributed by atoms with van der Waals surface area (Å²) >= 11 is 0. The van der Waals surface area contributed by atoms with Gasteiger partial charge in [-0.1, -0.05) is 6.92 Å². The van der Waals surface area contributed by atoms with E-state index >= 15 is 0 Å². The molecular formula is C11H19N3. The van der Waals surface area contributed by atoms with Crippen LogP contribution in [0, 0.1) is 11.8 Å². The first-order valence-corrected chi connectivity index (χ1v) is 5.50. The molecule has 1 aliphatic rings. The smallest absolute Gasteiger partial charge is 0.0518 e. The van der Waals surface area contributed by atoms with Crippen LogP contribution in [0.15, 0.2) is 12.3 Å². The minimum absolute atomic E-state index is 0.388. The van der Waals surface area contributed by atoms with E-state index in [1.165, 1.54) is 18.5 Å². The van der Waals surface area contributed by atoms with Gasteiger partial charge >= 0.3 is 0 Å². The molecule has 1 aromatic rings. The molecule has 1 saturated carbocycles. The predicted octanol–water partition coefficient (Wildman–Crippen LogP) is 2.11. The van der Waals surface area contributed by atoms with Crippen molar-refractivity contribution in [3.8, 4) is 0 Å². The largest absolute Gasteiger partial charge is 0.309 e. The first kappa shape index (κ1) is 9.71. The van der Waals surface area contributed by atoms with Gasteiger partial charge in [0.1, 0.15) is 0 Å². The van der Waals surface area contributed by atoms with Gasteiger partial charge in [0.15, 0.2) is 0 Å². The lowest BCUT2D eigenvalue weighted by Gasteiger charge is -2.16. The molecule has 0 radical (unpaired) electrons. The van der Waals surface area contributed by atoms with Crippen LogP contribution in [-0.4, -0.2) is 16.7 Å². The Balaban J connectivity index is 1.74. The lowest BCUT2D eigenvalue weighted by Crippen LogP contribution is -2.25. The second-order valence-electron chi connectivity index (χ2n) is 4.46. The van der Waals surface area contributed by atoms with Gasteiger partial charge in [-0.15, -0.1) is 0 Å². The van der Waals surface area contributed by atoms with E-state index in [-0.39, 0.29) is 0 Å². The molecule has 0 amide bonds. The van der Waals surface area contributed by atoms with Crippen LogP contribution in [0.4, 0.5) is 0 Å². The Bertz CT molecular complexity index is 264. The fourth-order valence-corrected chi connectivity index (χ4v) is 1.81. The van der Waals surface area contributed by atoms with Crippen LogP contribution in [0.1, 0.15) is 38.4 Å². The molecule has 2 unspecified atom stereocenters. The summed E-state index contributed by atoms with van der Waals surface area (Å²) in [7, 11) is 0. The summed E-state index contributed by atoms with van der Waals surface area (Å²) in [5, 5.41) is 10.5. The van der Waals surface area contributed by atoms with Gasteiger partial charge in [-0.05, 0) is 44.2 Å². The van der Waals surface area contributed by atoms with Crippen LogP contribution >= 0.6 is 0 Å². The van der Waals surface area contributed by atoms with Crippen molar-refractivity contribution in [1.29, 1.82) is 0 Å². The zero-order chi connectivity index (χ0) is 9.97. The van der Waals surface area contributed by atoms with Crippen LogP contribution in [0.2, 0.25) is 0 Å². The van der Waals surface area contributed by atoms with Crippen LogP contribution in [-0.2, 0) is 0 Å². The maximum Gasteiger partial charge on any atom is 0.0518 e. The molecule has 14 heavy (non-hydrogen) atoms. The number of hydrogen-bond donors (Lipinski definition) is 2. The van der Waals surface area contributed by atoms with Gasteiger partial charge in [0, 0.05) is 12.2 Å². The third-order valence-corrected chi connectivity index (χ3v) is 3.16. The van der Waals surface area contributed by atoms with Crippen molar-refractivity contribution in [3.63, 3.8) is 0 Å². The van der Waals surface area contributed by atoms with Crippen molar-refractivity contribution in [2.75, 3.05) is 6.54 Å². The quantitative estimate of drug-likeness (QED) is 0.752. The summed E-state index contributed by atoms with van der Waals surface area (Å²) in [5.41, 5.74) is 1.17. The Morgan fingerprint density at radius 2 is 2.36 bits per heavy atom. The van der Waals surface area contributed by atoms with Crippen molar-refractivity contribution in [1.82, 2.24) is 15.5 Å². The summed E-state index contributed by atoms with van der Waals surface area (Å²) in [4.78, 5) is 0. The highest BCUT2D eigenvalue weighted by Crippen LogP contribution is 2.36. The van der Waals surface area contributed by atoms with Crippen molar-refractivity contribution in [2.24, 2.45) is 11.8 Å². The van der Waals surface area contributed by atoms with Gasteiger partial charge < -0.3 is 5.32 Å². The molecule has 78 valence electrons. The Morgan fingerprint density at radius 1 is 1.57 bits per heavy atom. The van der Waals surface area contributed by atoms with Gasteiger partial charge in [-0.3, -0.25) is 5.10 Å². The van der Waals surface area contributed by atoms with E-state index in [0.717, 1.165) is 18.4 Å². The summed E-state index contributed by atoms with van der Waals surface area (Å²) < 4.78 is 0. The summed E-state index contributed by atoms with van der Waals surface area (Å²) in [5.74, 6) is 1.80. The molecular weight excluding hydrogens is 174 g/mol. The minimum Gasteiger partial charge on any atom is -0.309 e. The van der Waals surface area contributed by atoms with Gasteiger partial charge in [0.25, 0.3) is 0 Å². The van der Waals surface area contributed by atoms with E-state index in [4.69, 9.17) is 0 Å². The molecule has 0 bridgehead atoms. The molecule has 0 aliphatic heterocycles. The molecule has 2 rings (SSSR count). The number of hydrogen-bond acceptors (Lipinski definition) is 2. The Morgan fingerprint density at radius 3 is 2.93 bits per heavy atom. The lowest BCUT2D eigenvalue weighted by atomic mass is 10.1. The second-order valence-corrected chi connectivity index (χ2v) is 4.46. The summed E-state index contributed by atoms with van der Waals surface area (Å²) in [6.45, 7) is 5.63. The highest BCUT2D eigenvalue weighted by atomic mass is 15.1. The molecule has 3 heteroatoms. The fraction of sp³-hybridized carbons (Fsp3) is 0.727. The van der Waals surface area contributed by atoms with E-state index < -0.39 is 0 Å². The van der Waals surface area contributed by atoms with Gasteiger partial charge in [0.05, 0.1) is 5.69 Å². The molecule has 2 atom stereocenters. The summed E-state index contributed by atoms with van der Waals surface area (Å²) in [6, 6.07) is 2.41. The fourth-order valence-electron chi connectivity index (χ4n) is 1.81. The van der Waals surface area contributed by atoms with Crippen LogP contribution < -0.4 is 5.32 Å². The third kappa shape index (κ3) is 2.35. The van der Waals surface area contributed by atoms with E-state index in [1.54, 1.807) is 6.20 Å². The van der Waals surface area contributed by atoms with Crippen molar-refractivity contribution < 1.29 is 0 Å². The van der Waals surface area contributed by atoms with E-state index in [9.17, 15) is 0 Å². The number of rotatable bonds is 5. The molecule has 1 aliphatic carbocycles. The average Bonchev–Trinajstić information content (AvgIpc) is 2.90. The highest BCUT2D eigenvalue weighted by Gasteiger charge is 2.27. The average molecular weight is 193 g/mol. The molecule has 1 heterocycles. The SMILES string of the molecule is CC(NCC(C)C1CC1)c1ccn[nH]1. The van der Waals surface area contributed by atoms with Gasteiger partial charge in [-0.25, -0.2) is 0 Å². The minimum atomic E-state index is 0.388. The number of H-pyrrole nitrogens is 1. The number of aromatic nitrogens is 2. The normalized spacial score (nSPS) is 20.7. The molecule has 0 saturated heterocycles. The number of nitrogens with one attached hydrogen (secondary N) is 2. The summed E-state index contributed by atoms with van der Waals surface area (Å²) in [6.07, 6.45) is 4.67. The maximum atomic E-state index is 3.95. The first-order valence-electron chi connectivity index (χ1n) is 5.50. The Labute approximate surface area is 85.3 Å². The standard InChI is InChI=1S/C11H19N3/c1-8(10-3-4-10)7-12-9(2)11-5-6-13-14-11/h5-6,8-10,12H,3-4,7H2,1-2H3,(H,13,14). The molecule has 0 spiro atoms. The van der Waals surface area contributed by atoms with E-state index in [0.29, 0.717) is 6.04 Å². The lowest BCUT2D eigenvalue weighted by molar-refractivity contribution is 0.428. The first-order chi connectivity index (χ1) is 6.77. The number of aromatic amines is 1. The number of nitrogens with zero attached hydrogens (tertiary/aromatic N) is 1. The monoisotopic (exact) mass is 193 g/mol. The van der Waals surface area contributed by atoms with Crippen molar-refractivity contribution in [2.45, 2.75) is 32.7 Å². The van der Waals surface area contributed by atoms with Gasteiger partial charge in [-0.2, -0.15) is 5.10 Å². The Hall–Kier alpha value is -0.830. The molecule has 0 aromatic carbocycles. The van der Waals surface area contributed by atoms with Crippen molar-refractivity contribution in [3.05, 3.63) is 18.0 Å². The predicted molar refractivity (Wildman–Crippen MR) is 56.9 cm³/mol. The zero-order valence-electron chi connectivity index (χ0n) is 8.96. The maximum absolute atomic E-state index is 3.95. The molecule has 2 N–H and O–H groups in total. The van der Waals surface area contributed by atoms with E-state index in [2.05, 4.69) is 29.4 Å². The van der Waals surface area contributed by atoms with Crippen LogP contribution in [0.25, 0.3) is 0 Å². The Kier molecular flexibility index (Phi) is 2.87. The second kappa shape index (κ2) is 4.13. The van der Waals surface area contributed by atoms with Gasteiger partial charge in [0.2, 0.25) is 0 Å². The highest BCUT2D eigenvalue weighted by molar-refractivity contribution is 5.02. The van der Waals surface area contributed by atoms with Crippen LogP contribution in [0.5, 0.6) is 0 Å². The molecule has 3 nitrogen and oxygen atoms in total. The molecule has 1 aromatic heterocycles. The van der Waals surface area contributed by atoms with E-state index in [1.807, 2.05) is 6.07 Å². The zero-order valence-corrected chi connectivity index (χ0v) is 8.96. The van der Waals surface area contributed by atoms with Crippen molar-refractivity contribution >= 4 is 0 Å². The molecule has 1 fully saturated rings. The third-order valence-electron chi connectivity index (χ3n) is 3.16. The topological polar surface area (TPSA) is 40.7 Å².